The van der Waals surface area contributed by atoms with Gasteiger partial charge in [0.15, 0.2) is 0 Å². The standard InChI is InChI=1S/C11H17NO2/c1-8-9(6-12-10-3-4-10)5-11(14-8)7-13-2/h5,10,12H,3-4,6-7H2,1-2H3. The van der Waals surface area contributed by atoms with Crippen LogP contribution in [0.5, 0.6) is 0 Å². The first-order valence-electron chi connectivity index (χ1n) is 5.10. The van der Waals surface area contributed by atoms with Crippen LogP contribution in [0.4, 0.5) is 0 Å². The molecule has 1 heterocycles. The molecule has 2 rings (SSSR count). The summed E-state index contributed by atoms with van der Waals surface area (Å²) in [5.41, 5.74) is 1.25. The molecule has 1 aromatic heterocycles. The van der Waals surface area contributed by atoms with E-state index in [2.05, 4.69) is 11.4 Å². The third kappa shape index (κ3) is 2.36. The summed E-state index contributed by atoms with van der Waals surface area (Å²) < 4.78 is 10.6. The number of aryl methyl sites for hydroxylation is 1. The van der Waals surface area contributed by atoms with Crippen molar-refractivity contribution in [2.75, 3.05) is 7.11 Å². The Morgan fingerprint density at radius 2 is 2.36 bits per heavy atom. The van der Waals surface area contributed by atoms with Gasteiger partial charge in [0, 0.05) is 25.3 Å². The number of hydrogen-bond acceptors (Lipinski definition) is 3. The van der Waals surface area contributed by atoms with Crippen molar-refractivity contribution in [2.45, 2.75) is 39.0 Å². The molecule has 1 saturated carbocycles. The first-order valence-corrected chi connectivity index (χ1v) is 5.10. The van der Waals surface area contributed by atoms with Crippen molar-refractivity contribution >= 4 is 0 Å². The molecular formula is C11H17NO2. The summed E-state index contributed by atoms with van der Waals surface area (Å²) in [6, 6.07) is 2.82. The molecule has 1 aromatic rings. The van der Waals surface area contributed by atoms with Crippen LogP contribution < -0.4 is 5.32 Å². The van der Waals surface area contributed by atoms with Crippen LogP contribution in [0.1, 0.15) is 29.9 Å². The summed E-state index contributed by atoms with van der Waals surface area (Å²) in [7, 11) is 1.68. The first-order chi connectivity index (χ1) is 6.79. The Hall–Kier alpha value is -0.800. The van der Waals surface area contributed by atoms with Gasteiger partial charge in [-0.2, -0.15) is 0 Å². The molecule has 0 radical (unpaired) electrons. The fourth-order valence-corrected chi connectivity index (χ4v) is 1.52. The Labute approximate surface area is 84.4 Å². The summed E-state index contributed by atoms with van der Waals surface area (Å²) >= 11 is 0. The van der Waals surface area contributed by atoms with Crippen LogP contribution in [-0.2, 0) is 17.9 Å². The van der Waals surface area contributed by atoms with E-state index in [1.807, 2.05) is 6.92 Å². The van der Waals surface area contributed by atoms with Gasteiger partial charge in [-0.1, -0.05) is 0 Å². The topological polar surface area (TPSA) is 34.4 Å². The van der Waals surface area contributed by atoms with Crippen molar-refractivity contribution in [1.29, 1.82) is 0 Å². The zero-order valence-corrected chi connectivity index (χ0v) is 8.80. The molecule has 0 bridgehead atoms. The summed E-state index contributed by atoms with van der Waals surface area (Å²) in [6.07, 6.45) is 2.64. The van der Waals surface area contributed by atoms with Crippen molar-refractivity contribution in [3.05, 3.63) is 23.2 Å². The summed E-state index contributed by atoms with van der Waals surface area (Å²) in [5, 5.41) is 3.47. The molecular weight excluding hydrogens is 178 g/mol. The molecule has 14 heavy (non-hydrogen) atoms. The minimum Gasteiger partial charge on any atom is -0.464 e. The maximum atomic E-state index is 5.54. The lowest BCUT2D eigenvalue weighted by molar-refractivity contribution is 0.163. The molecule has 0 unspecified atom stereocenters. The molecule has 3 heteroatoms. The minimum absolute atomic E-state index is 0.560. The van der Waals surface area contributed by atoms with E-state index in [0.29, 0.717) is 6.61 Å². The third-order valence-corrected chi connectivity index (χ3v) is 2.52. The van der Waals surface area contributed by atoms with Crippen molar-refractivity contribution in [3.63, 3.8) is 0 Å². The number of nitrogens with one attached hydrogen (secondary N) is 1. The Bertz CT molecular complexity index is 302. The second-order valence-corrected chi connectivity index (χ2v) is 3.88. The first kappa shape index (κ1) is 9.74. The fraction of sp³-hybridized carbons (Fsp3) is 0.636. The lowest BCUT2D eigenvalue weighted by Gasteiger charge is -1.99. The normalized spacial score (nSPS) is 16.1. The highest BCUT2D eigenvalue weighted by Gasteiger charge is 2.20. The highest BCUT2D eigenvalue weighted by atomic mass is 16.5. The molecule has 1 aliphatic carbocycles. The molecule has 1 aliphatic rings. The number of hydrogen-bond donors (Lipinski definition) is 1. The second kappa shape index (κ2) is 4.15. The van der Waals surface area contributed by atoms with Gasteiger partial charge in [-0.3, -0.25) is 0 Å². The van der Waals surface area contributed by atoms with Gasteiger partial charge in [-0.05, 0) is 25.8 Å². The van der Waals surface area contributed by atoms with Crippen molar-refractivity contribution in [3.8, 4) is 0 Å². The lowest BCUT2D eigenvalue weighted by Crippen LogP contribution is -2.15. The average Bonchev–Trinajstić information content (AvgIpc) is 2.90. The van der Waals surface area contributed by atoms with Gasteiger partial charge >= 0.3 is 0 Å². The van der Waals surface area contributed by atoms with E-state index in [1.54, 1.807) is 7.11 Å². The Morgan fingerprint density at radius 3 is 3.00 bits per heavy atom. The number of methoxy groups -OCH3 is 1. The van der Waals surface area contributed by atoms with E-state index in [4.69, 9.17) is 9.15 Å². The van der Waals surface area contributed by atoms with Crippen LogP contribution in [0, 0.1) is 6.92 Å². The van der Waals surface area contributed by atoms with E-state index < -0.39 is 0 Å². The number of furan rings is 1. The molecule has 0 atom stereocenters. The molecule has 0 amide bonds. The van der Waals surface area contributed by atoms with Crippen LogP contribution in [0.3, 0.4) is 0 Å². The van der Waals surface area contributed by atoms with E-state index in [0.717, 1.165) is 24.1 Å². The molecule has 0 aromatic carbocycles. The van der Waals surface area contributed by atoms with Crippen LogP contribution in [-0.4, -0.2) is 13.2 Å². The predicted molar refractivity (Wildman–Crippen MR) is 54.0 cm³/mol. The average molecular weight is 195 g/mol. The minimum atomic E-state index is 0.560. The van der Waals surface area contributed by atoms with Crippen molar-refractivity contribution < 1.29 is 9.15 Å². The zero-order valence-electron chi connectivity index (χ0n) is 8.80. The molecule has 1 N–H and O–H groups in total. The molecule has 0 spiro atoms. The summed E-state index contributed by atoms with van der Waals surface area (Å²) in [4.78, 5) is 0. The van der Waals surface area contributed by atoms with Crippen molar-refractivity contribution in [1.82, 2.24) is 5.32 Å². The number of ether oxygens (including phenoxy) is 1. The fourth-order valence-electron chi connectivity index (χ4n) is 1.52. The lowest BCUT2D eigenvalue weighted by atomic mass is 10.2. The predicted octanol–water partition coefficient (Wildman–Crippen LogP) is 1.99. The summed E-state index contributed by atoms with van der Waals surface area (Å²) in [5.74, 6) is 1.92. The van der Waals surface area contributed by atoms with Gasteiger partial charge in [0.25, 0.3) is 0 Å². The van der Waals surface area contributed by atoms with E-state index in [9.17, 15) is 0 Å². The highest BCUT2D eigenvalue weighted by molar-refractivity contribution is 5.20. The molecule has 0 aliphatic heterocycles. The number of rotatable bonds is 5. The van der Waals surface area contributed by atoms with Gasteiger partial charge in [0.2, 0.25) is 0 Å². The van der Waals surface area contributed by atoms with E-state index >= 15 is 0 Å². The molecule has 1 fully saturated rings. The summed E-state index contributed by atoms with van der Waals surface area (Å²) in [6.45, 7) is 3.48. The van der Waals surface area contributed by atoms with Crippen LogP contribution >= 0.6 is 0 Å². The zero-order chi connectivity index (χ0) is 9.97. The Balaban J connectivity index is 1.93. The third-order valence-electron chi connectivity index (χ3n) is 2.52. The van der Waals surface area contributed by atoms with E-state index in [1.165, 1.54) is 18.4 Å². The van der Waals surface area contributed by atoms with E-state index in [-0.39, 0.29) is 0 Å². The molecule has 78 valence electrons. The van der Waals surface area contributed by atoms with Gasteiger partial charge in [-0.25, -0.2) is 0 Å². The van der Waals surface area contributed by atoms with Crippen LogP contribution in [0.15, 0.2) is 10.5 Å². The largest absolute Gasteiger partial charge is 0.464 e. The van der Waals surface area contributed by atoms with Gasteiger partial charge < -0.3 is 14.5 Å². The maximum Gasteiger partial charge on any atom is 0.130 e. The highest BCUT2D eigenvalue weighted by Crippen LogP contribution is 2.21. The Morgan fingerprint density at radius 1 is 1.57 bits per heavy atom. The van der Waals surface area contributed by atoms with Gasteiger partial charge in [0.1, 0.15) is 18.1 Å². The van der Waals surface area contributed by atoms with Gasteiger partial charge in [-0.15, -0.1) is 0 Å². The molecule has 0 saturated heterocycles. The van der Waals surface area contributed by atoms with Crippen LogP contribution in [0.2, 0.25) is 0 Å². The maximum absolute atomic E-state index is 5.54. The van der Waals surface area contributed by atoms with Crippen molar-refractivity contribution in [2.24, 2.45) is 0 Å². The quantitative estimate of drug-likeness (QED) is 0.780. The van der Waals surface area contributed by atoms with Crippen LogP contribution in [0.25, 0.3) is 0 Å². The molecule has 3 nitrogen and oxygen atoms in total. The second-order valence-electron chi connectivity index (χ2n) is 3.88. The Kier molecular flexibility index (Phi) is 2.89. The smallest absolute Gasteiger partial charge is 0.130 e. The SMILES string of the molecule is COCc1cc(CNC2CC2)c(C)o1. The van der Waals surface area contributed by atoms with Gasteiger partial charge in [0.05, 0.1) is 0 Å². The monoisotopic (exact) mass is 195 g/mol.